The zero-order chi connectivity index (χ0) is 26.4. The van der Waals surface area contributed by atoms with Crippen molar-refractivity contribution in [1.82, 2.24) is 8.61 Å². The number of nitrogens with zero attached hydrogens (tertiary/aromatic N) is 2. The van der Waals surface area contributed by atoms with Crippen molar-refractivity contribution in [3.63, 3.8) is 0 Å². The monoisotopic (exact) mass is 602 g/mol. The van der Waals surface area contributed by atoms with Gasteiger partial charge < -0.3 is 0 Å². The number of sulfonamides is 2. The molecule has 196 valence electrons. The van der Waals surface area contributed by atoms with Gasteiger partial charge in [0.2, 0.25) is 20.0 Å². The molecule has 0 amide bonds. The molecule has 0 spiro atoms. The number of piperidine rings is 1. The van der Waals surface area contributed by atoms with Crippen LogP contribution in [-0.4, -0.2) is 50.6 Å². The van der Waals surface area contributed by atoms with Gasteiger partial charge in [-0.2, -0.15) is 8.61 Å². The molecule has 0 aromatic heterocycles. The Bertz CT molecular complexity index is 1490. The standard InChI is InChI=1S/C28H31BrN2O4S2/c1-20-7-11-23(12-8-20)36(32,33)30-17-15-25-27(30)16-18-31(28(25)19-22-5-3-4-6-26(22)29)37(34,35)24-13-9-21(2)10-14-24/h3-14,25,27-28H,15-19H2,1-2H3/t25-,27-,28+/m0/s1. The smallest absolute Gasteiger partial charge is 0.207 e. The lowest BCUT2D eigenvalue weighted by Gasteiger charge is -2.43. The van der Waals surface area contributed by atoms with E-state index in [1.54, 1.807) is 32.9 Å². The molecule has 5 rings (SSSR count). The van der Waals surface area contributed by atoms with Gasteiger partial charge >= 0.3 is 0 Å². The Kier molecular flexibility index (Phi) is 7.37. The zero-order valence-corrected chi connectivity index (χ0v) is 24.1. The normalized spacial score (nSPS) is 23.2. The van der Waals surface area contributed by atoms with E-state index in [0.717, 1.165) is 21.2 Å². The molecular weight excluding hydrogens is 572 g/mol. The predicted octanol–water partition coefficient (Wildman–Crippen LogP) is 5.15. The number of hydrogen-bond donors (Lipinski definition) is 0. The second kappa shape index (κ2) is 10.3. The Balaban J connectivity index is 1.52. The molecule has 0 N–H and O–H groups in total. The summed E-state index contributed by atoms with van der Waals surface area (Å²) in [5.74, 6) is -0.110. The van der Waals surface area contributed by atoms with E-state index < -0.39 is 20.0 Å². The highest BCUT2D eigenvalue weighted by Crippen LogP contribution is 2.42. The van der Waals surface area contributed by atoms with Crippen molar-refractivity contribution < 1.29 is 16.8 Å². The summed E-state index contributed by atoms with van der Waals surface area (Å²) in [4.78, 5) is 0.562. The molecular formula is C28H31BrN2O4S2. The summed E-state index contributed by atoms with van der Waals surface area (Å²) < 4.78 is 59.2. The number of aryl methyl sites for hydroxylation is 2. The van der Waals surface area contributed by atoms with Gasteiger partial charge in [0, 0.05) is 29.6 Å². The summed E-state index contributed by atoms with van der Waals surface area (Å²) in [6, 6.07) is 21.1. The van der Waals surface area contributed by atoms with Crippen molar-refractivity contribution >= 4 is 36.0 Å². The largest absolute Gasteiger partial charge is 0.243 e. The van der Waals surface area contributed by atoms with Crippen molar-refractivity contribution in [2.24, 2.45) is 5.92 Å². The first kappa shape index (κ1) is 26.6. The van der Waals surface area contributed by atoms with Gasteiger partial charge in [0.25, 0.3) is 0 Å². The molecule has 2 aliphatic rings. The van der Waals surface area contributed by atoms with Crippen LogP contribution in [0.3, 0.4) is 0 Å². The molecule has 0 radical (unpaired) electrons. The molecule has 37 heavy (non-hydrogen) atoms. The molecule has 0 aliphatic carbocycles. The highest BCUT2D eigenvalue weighted by Gasteiger charge is 2.51. The topological polar surface area (TPSA) is 74.8 Å². The van der Waals surface area contributed by atoms with Gasteiger partial charge in [0.15, 0.2) is 0 Å². The first-order valence-electron chi connectivity index (χ1n) is 12.5. The maximum Gasteiger partial charge on any atom is 0.243 e. The fraction of sp³-hybridized carbons (Fsp3) is 0.357. The van der Waals surface area contributed by atoms with E-state index >= 15 is 0 Å². The number of fused-ring (bicyclic) bond motifs is 1. The lowest BCUT2D eigenvalue weighted by Crippen LogP contribution is -2.55. The highest BCUT2D eigenvalue weighted by atomic mass is 79.9. The fourth-order valence-electron chi connectivity index (χ4n) is 5.72. The molecule has 3 aromatic carbocycles. The Morgan fingerprint density at radius 2 is 1.24 bits per heavy atom. The summed E-state index contributed by atoms with van der Waals surface area (Å²) >= 11 is 3.62. The second-order valence-corrected chi connectivity index (χ2v) is 14.7. The van der Waals surface area contributed by atoms with Crippen LogP contribution in [0.2, 0.25) is 0 Å². The van der Waals surface area contributed by atoms with Crippen LogP contribution in [0.1, 0.15) is 29.5 Å². The fourth-order valence-corrected chi connectivity index (χ4v) is 9.57. The molecule has 9 heteroatoms. The number of rotatable bonds is 6. The molecule has 0 bridgehead atoms. The number of halogens is 1. The van der Waals surface area contributed by atoms with Gasteiger partial charge in [-0.25, -0.2) is 16.8 Å². The number of hydrogen-bond acceptors (Lipinski definition) is 4. The van der Waals surface area contributed by atoms with Gasteiger partial charge in [0.1, 0.15) is 0 Å². The molecule has 0 saturated carbocycles. The van der Waals surface area contributed by atoms with Crippen molar-refractivity contribution in [2.45, 2.75) is 55.0 Å². The van der Waals surface area contributed by atoms with Crippen molar-refractivity contribution in [3.05, 3.63) is 94.0 Å². The summed E-state index contributed by atoms with van der Waals surface area (Å²) in [6.45, 7) is 4.51. The molecule has 6 nitrogen and oxygen atoms in total. The summed E-state index contributed by atoms with van der Waals surface area (Å²) in [6.07, 6.45) is 1.59. The van der Waals surface area contributed by atoms with E-state index in [-0.39, 0.29) is 34.3 Å². The molecule has 2 fully saturated rings. The van der Waals surface area contributed by atoms with Gasteiger partial charge in [-0.05, 0) is 74.9 Å². The highest BCUT2D eigenvalue weighted by molar-refractivity contribution is 9.10. The molecule has 0 unspecified atom stereocenters. The average Bonchev–Trinajstić information content (AvgIpc) is 3.32. The zero-order valence-electron chi connectivity index (χ0n) is 20.9. The van der Waals surface area contributed by atoms with Crippen LogP contribution in [-0.2, 0) is 26.5 Å². The predicted molar refractivity (Wildman–Crippen MR) is 148 cm³/mol. The van der Waals surface area contributed by atoms with Gasteiger partial charge in [0.05, 0.1) is 9.79 Å². The van der Waals surface area contributed by atoms with Crippen LogP contribution in [0, 0.1) is 19.8 Å². The maximum atomic E-state index is 13.9. The van der Waals surface area contributed by atoms with Gasteiger partial charge in [-0.1, -0.05) is 69.5 Å². The Morgan fingerprint density at radius 1 is 0.730 bits per heavy atom. The van der Waals surface area contributed by atoms with Crippen LogP contribution < -0.4 is 0 Å². The van der Waals surface area contributed by atoms with Crippen LogP contribution in [0.15, 0.2) is 87.1 Å². The Hall–Kier alpha value is -2.04. The van der Waals surface area contributed by atoms with E-state index in [2.05, 4.69) is 15.9 Å². The van der Waals surface area contributed by atoms with Crippen LogP contribution >= 0.6 is 15.9 Å². The van der Waals surface area contributed by atoms with E-state index in [9.17, 15) is 16.8 Å². The van der Waals surface area contributed by atoms with Gasteiger partial charge in [-0.3, -0.25) is 0 Å². The molecule has 2 aliphatic heterocycles. The minimum atomic E-state index is -3.76. The third kappa shape index (κ3) is 5.04. The van der Waals surface area contributed by atoms with E-state index in [1.807, 2.05) is 62.4 Å². The van der Waals surface area contributed by atoms with Crippen LogP contribution in [0.25, 0.3) is 0 Å². The summed E-state index contributed by atoms with van der Waals surface area (Å²) in [5.41, 5.74) is 3.01. The maximum absolute atomic E-state index is 13.9. The lowest BCUT2D eigenvalue weighted by molar-refractivity contribution is 0.138. The molecule has 2 heterocycles. The third-order valence-electron chi connectivity index (χ3n) is 7.70. The minimum Gasteiger partial charge on any atom is -0.207 e. The second-order valence-electron chi connectivity index (χ2n) is 10.0. The Morgan fingerprint density at radius 3 is 1.81 bits per heavy atom. The number of benzene rings is 3. The van der Waals surface area contributed by atoms with Gasteiger partial charge in [-0.15, -0.1) is 0 Å². The molecule has 3 atom stereocenters. The van der Waals surface area contributed by atoms with Crippen molar-refractivity contribution in [1.29, 1.82) is 0 Å². The minimum absolute atomic E-state index is 0.110. The summed E-state index contributed by atoms with van der Waals surface area (Å²) in [5, 5.41) is 0. The summed E-state index contributed by atoms with van der Waals surface area (Å²) in [7, 11) is -7.44. The van der Waals surface area contributed by atoms with E-state index in [4.69, 9.17) is 0 Å². The van der Waals surface area contributed by atoms with E-state index in [0.29, 0.717) is 25.8 Å². The first-order chi connectivity index (χ1) is 17.6. The SMILES string of the molecule is Cc1ccc(S(=O)(=O)N2CC[C@H]3[C@H](CCN3S(=O)(=O)c3ccc(C)cc3)[C@H]2Cc2ccccc2Br)cc1. The van der Waals surface area contributed by atoms with Crippen LogP contribution in [0.5, 0.6) is 0 Å². The van der Waals surface area contributed by atoms with E-state index in [1.165, 1.54) is 0 Å². The van der Waals surface area contributed by atoms with Crippen LogP contribution in [0.4, 0.5) is 0 Å². The average molecular weight is 604 g/mol. The van der Waals surface area contributed by atoms with Crippen molar-refractivity contribution in [2.75, 3.05) is 13.1 Å². The third-order valence-corrected chi connectivity index (χ3v) is 12.3. The molecule has 2 saturated heterocycles. The Labute approximate surface area is 228 Å². The first-order valence-corrected chi connectivity index (χ1v) is 16.2. The van der Waals surface area contributed by atoms with Crippen molar-refractivity contribution in [3.8, 4) is 0 Å². The molecule has 3 aromatic rings. The quantitative estimate of drug-likeness (QED) is 0.391. The lowest BCUT2D eigenvalue weighted by atomic mass is 9.83.